The van der Waals surface area contributed by atoms with Gasteiger partial charge in [0.2, 0.25) is 11.7 Å². The number of aryl methyl sites for hydroxylation is 1. The molecule has 0 spiro atoms. The molecule has 1 aliphatic heterocycles. The fourth-order valence-electron chi connectivity index (χ4n) is 4.10. The Morgan fingerprint density at radius 2 is 1.80 bits per heavy atom. The molecule has 2 aromatic carbocycles. The van der Waals surface area contributed by atoms with Gasteiger partial charge in [-0.2, -0.15) is 5.10 Å². The number of methoxy groups -OCH3 is 3. The number of aromatic nitrogens is 2. The van der Waals surface area contributed by atoms with E-state index in [1.807, 2.05) is 41.2 Å². The number of amides is 1. The zero-order chi connectivity index (χ0) is 21.3. The summed E-state index contributed by atoms with van der Waals surface area (Å²) in [7, 11) is 4.74. The van der Waals surface area contributed by atoms with Gasteiger partial charge in [-0.25, -0.2) is 4.68 Å². The van der Waals surface area contributed by atoms with Gasteiger partial charge in [0.05, 0.1) is 33.2 Å². The Morgan fingerprint density at radius 3 is 2.50 bits per heavy atom. The number of anilines is 1. The summed E-state index contributed by atoms with van der Waals surface area (Å²) in [6.45, 7) is 2.10. The molecule has 1 atom stereocenters. The monoisotopic (exact) mass is 407 g/mol. The molecule has 0 radical (unpaired) electrons. The van der Waals surface area contributed by atoms with E-state index in [2.05, 4.69) is 23.4 Å². The first kappa shape index (κ1) is 19.8. The maximum atomic E-state index is 12.7. The fourth-order valence-corrected chi connectivity index (χ4v) is 4.10. The summed E-state index contributed by atoms with van der Waals surface area (Å²) in [6.07, 6.45) is 2.98. The summed E-state index contributed by atoms with van der Waals surface area (Å²) in [5, 5.41) is 7.64. The maximum Gasteiger partial charge on any atom is 0.226 e. The van der Waals surface area contributed by atoms with Crippen molar-refractivity contribution in [1.82, 2.24) is 9.78 Å². The molecule has 7 nitrogen and oxygen atoms in total. The van der Waals surface area contributed by atoms with Crippen LogP contribution in [0.3, 0.4) is 0 Å². The van der Waals surface area contributed by atoms with Crippen LogP contribution in [0, 0.1) is 0 Å². The summed E-state index contributed by atoms with van der Waals surface area (Å²) in [5.74, 6) is 2.05. The fraction of sp³-hybridized carbons (Fsp3) is 0.304. The molecule has 0 fully saturated rings. The lowest BCUT2D eigenvalue weighted by Crippen LogP contribution is -2.25. The minimum Gasteiger partial charge on any atom is -0.493 e. The smallest absolute Gasteiger partial charge is 0.226 e. The third-order valence-electron chi connectivity index (χ3n) is 5.53. The van der Waals surface area contributed by atoms with E-state index in [9.17, 15) is 4.79 Å². The average Bonchev–Trinajstić information content (AvgIpc) is 3.20. The van der Waals surface area contributed by atoms with E-state index in [0.717, 1.165) is 28.8 Å². The van der Waals surface area contributed by atoms with Crippen molar-refractivity contribution >= 4 is 11.7 Å². The van der Waals surface area contributed by atoms with E-state index < -0.39 is 0 Å². The molecular weight excluding hydrogens is 382 g/mol. The Bertz CT molecular complexity index is 1090. The van der Waals surface area contributed by atoms with Gasteiger partial charge in [-0.15, -0.1) is 0 Å². The lowest BCUT2D eigenvalue weighted by atomic mass is 9.86. The van der Waals surface area contributed by atoms with Crippen molar-refractivity contribution in [2.75, 3.05) is 26.6 Å². The molecule has 1 unspecified atom stereocenters. The lowest BCUT2D eigenvalue weighted by Gasteiger charge is -2.26. The highest BCUT2D eigenvalue weighted by Gasteiger charge is 2.33. The molecule has 3 aromatic rings. The molecule has 30 heavy (non-hydrogen) atoms. The van der Waals surface area contributed by atoms with Crippen LogP contribution in [0.4, 0.5) is 5.82 Å². The lowest BCUT2D eigenvalue weighted by molar-refractivity contribution is -0.116. The second kappa shape index (κ2) is 8.10. The van der Waals surface area contributed by atoms with Crippen LogP contribution in [0.15, 0.2) is 42.6 Å². The van der Waals surface area contributed by atoms with E-state index in [4.69, 9.17) is 14.2 Å². The average molecular weight is 407 g/mol. The zero-order valence-electron chi connectivity index (χ0n) is 17.6. The first-order valence-corrected chi connectivity index (χ1v) is 9.87. The van der Waals surface area contributed by atoms with E-state index in [0.29, 0.717) is 29.5 Å². The van der Waals surface area contributed by atoms with Crippen molar-refractivity contribution in [2.45, 2.75) is 25.7 Å². The van der Waals surface area contributed by atoms with Crippen LogP contribution in [-0.2, 0) is 11.2 Å². The molecule has 4 rings (SSSR count). The predicted octanol–water partition coefficient (Wildman–Crippen LogP) is 3.93. The van der Waals surface area contributed by atoms with Crippen LogP contribution in [-0.4, -0.2) is 37.0 Å². The van der Waals surface area contributed by atoms with Crippen molar-refractivity contribution in [3.63, 3.8) is 0 Å². The Hall–Kier alpha value is -3.48. The van der Waals surface area contributed by atoms with Crippen molar-refractivity contribution in [2.24, 2.45) is 0 Å². The van der Waals surface area contributed by atoms with Crippen LogP contribution >= 0.6 is 0 Å². The number of hydrogen-bond acceptors (Lipinski definition) is 5. The summed E-state index contributed by atoms with van der Waals surface area (Å²) < 4.78 is 18.4. The number of nitrogens with one attached hydrogen (secondary N) is 1. The number of ether oxygens (including phenoxy) is 3. The molecule has 1 amide bonds. The van der Waals surface area contributed by atoms with Gasteiger partial charge in [-0.1, -0.05) is 31.2 Å². The third kappa shape index (κ3) is 3.16. The van der Waals surface area contributed by atoms with Gasteiger partial charge in [0.25, 0.3) is 0 Å². The quantitative estimate of drug-likeness (QED) is 0.670. The normalized spacial score (nSPS) is 15.3. The number of nitrogens with zero attached hydrogens (tertiary/aromatic N) is 2. The maximum absolute atomic E-state index is 12.7. The Kier molecular flexibility index (Phi) is 5.35. The van der Waals surface area contributed by atoms with E-state index in [-0.39, 0.29) is 11.8 Å². The SMILES string of the molecule is CCc1ccccc1-n1ncc2c1NC(=O)CC2c1ccc(OC)c(OC)c1OC. The number of rotatable bonds is 6. The van der Waals surface area contributed by atoms with Crippen LogP contribution < -0.4 is 19.5 Å². The van der Waals surface area contributed by atoms with Gasteiger partial charge in [0, 0.05) is 23.5 Å². The third-order valence-corrected chi connectivity index (χ3v) is 5.53. The van der Waals surface area contributed by atoms with Crippen molar-refractivity contribution in [3.05, 3.63) is 59.3 Å². The number of carbonyl (C=O) groups is 1. The highest BCUT2D eigenvalue weighted by molar-refractivity contribution is 5.95. The molecule has 2 heterocycles. The van der Waals surface area contributed by atoms with Crippen LogP contribution in [0.25, 0.3) is 5.69 Å². The number of hydrogen-bond donors (Lipinski definition) is 1. The van der Waals surface area contributed by atoms with Crippen LogP contribution in [0.1, 0.15) is 36.0 Å². The Labute approximate surface area is 175 Å². The van der Waals surface area contributed by atoms with Crippen molar-refractivity contribution in [3.8, 4) is 22.9 Å². The summed E-state index contributed by atoms with van der Waals surface area (Å²) >= 11 is 0. The molecule has 7 heteroatoms. The summed E-state index contributed by atoms with van der Waals surface area (Å²) in [4.78, 5) is 12.7. The molecule has 0 bridgehead atoms. The number of benzene rings is 2. The van der Waals surface area contributed by atoms with Gasteiger partial charge in [-0.3, -0.25) is 4.79 Å². The van der Waals surface area contributed by atoms with E-state index in [1.165, 1.54) is 0 Å². The molecule has 0 aliphatic carbocycles. The molecule has 0 saturated carbocycles. The first-order chi connectivity index (χ1) is 14.6. The predicted molar refractivity (Wildman–Crippen MR) is 114 cm³/mol. The second-order valence-corrected chi connectivity index (χ2v) is 7.07. The molecule has 156 valence electrons. The molecule has 1 aromatic heterocycles. The summed E-state index contributed by atoms with van der Waals surface area (Å²) in [5.41, 5.74) is 3.91. The van der Waals surface area contributed by atoms with E-state index >= 15 is 0 Å². The van der Waals surface area contributed by atoms with Crippen LogP contribution in [0.5, 0.6) is 17.2 Å². The molecule has 1 N–H and O–H groups in total. The van der Waals surface area contributed by atoms with Gasteiger partial charge in [0.1, 0.15) is 5.82 Å². The Morgan fingerprint density at radius 1 is 1.03 bits per heavy atom. The van der Waals surface area contributed by atoms with Gasteiger partial charge < -0.3 is 19.5 Å². The number of fused-ring (bicyclic) bond motifs is 1. The first-order valence-electron chi connectivity index (χ1n) is 9.87. The highest BCUT2D eigenvalue weighted by Crippen LogP contribution is 2.47. The number of carbonyl (C=O) groups excluding carboxylic acids is 1. The topological polar surface area (TPSA) is 74.6 Å². The minimum atomic E-state index is -0.217. The van der Waals surface area contributed by atoms with Gasteiger partial charge in [-0.05, 0) is 24.1 Å². The Balaban J connectivity index is 1.87. The standard InChI is InChI=1S/C23H25N3O4/c1-5-14-8-6-7-9-18(14)26-23-17(13-24-26)16(12-20(27)25-23)15-10-11-19(28-2)22(30-4)21(15)29-3/h6-11,13,16H,5,12H2,1-4H3,(H,25,27). The second-order valence-electron chi connectivity index (χ2n) is 7.07. The van der Waals surface area contributed by atoms with Crippen molar-refractivity contribution < 1.29 is 19.0 Å². The minimum absolute atomic E-state index is 0.0694. The van der Waals surface area contributed by atoms with Gasteiger partial charge in [0.15, 0.2) is 11.5 Å². The molecule has 1 aliphatic rings. The van der Waals surface area contributed by atoms with E-state index in [1.54, 1.807) is 21.3 Å². The molecule has 0 saturated heterocycles. The molecular formula is C23H25N3O4. The zero-order valence-corrected chi connectivity index (χ0v) is 17.6. The largest absolute Gasteiger partial charge is 0.493 e. The van der Waals surface area contributed by atoms with Crippen LogP contribution in [0.2, 0.25) is 0 Å². The number of para-hydroxylation sites is 1. The summed E-state index contributed by atoms with van der Waals surface area (Å²) in [6, 6.07) is 11.8. The highest BCUT2D eigenvalue weighted by atomic mass is 16.5. The van der Waals surface area contributed by atoms with Gasteiger partial charge >= 0.3 is 0 Å². The van der Waals surface area contributed by atoms with Crippen molar-refractivity contribution in [1.29, 1.82) is 0 Å².